The smallest absolute Gasteiger partial charge is 0.241 e. The zero-order chi connectivity index (χ0) is 18.6. The maximum Gasteiger partial charge on any atom is 0.241 e. The first-order chi connectivity index (χ1) is 13.2. The van der Waals surface area contributed by atoms with Crippen LogP contribution < -0.4 is 5.32 Å². The molecule has 0 aliphatic carbocycles. The van der Waals surface area contributed by atoms with Crippen LogP contribution in [0.5, 0.6) is 0 Å². The highest BCUT2D eigenvalue weighted by atomic mass is 19.1. The Morgan fingerprint density at radius 3 is 2.81 bits per heavy atom. The second-order valence-corrected chi connectivity index (χ2v) is 6.75. The number of likely N-dealkylation sites (tertiary alicyclic amines) is 1. The van der Waals surface area contributed by atoms with Crippen molar-refractivity contribution in [1.29, 1.82) is 0 Å². The summed E-state index contributed by atoms with van der Waals surface area (Å²) in [6, 6.07) is 15.8. The summed E-state index contributed by atoms with van der Waals surface area (Å²) in [6.07, 6.45) is 5.39. The predicted octanol–water partition coefficient (Wildman–Crippen LogP) is 3.61. The van der Waals surface area contributed by atoms with Crippen LogP contribution in [0.4, 0.5) is 10.1 Å². The fourth-order valence-electron chi connectivity index (χ4n) is 3.51. The van der Waals surface area contributed by atoms with Gasteiger partial charge in [0.1, 0.15) is 5.82 Å². The fourth-order valence-corrected chi connectivity index (χ4v) is 3.51. The average Bonchev–Trinajstić information content (AvgIpc) is 3.36. The number of nitrogens with zero attached hydrogens (tertiary/aromatic N) is 3. The molecule has 0 unspecified atom stereocenters. The Hall–Kier alpha value is -2.99. The molecular formula is C21H21FN4O. The van der Waals surface area contributed by atoms with E-state index in [9.17, 15) is 9.18 Å². The highest BCUT2D eigenvalue weighted by molar-refractivity contribution is 5.95. The molecule has 2 aromatic carbocycles. The molecule has 1 fully saturated rings. The van der Waals surface area contributed by atoms with Crippen LogP contribution in [0.3, 0.4) is 0 Å². The van der Waals surface area contributed by atoms with E-state index < -0.39 is 0 Å². The Balaban J connectivity index is 1.44. The van der Waals surface area contributed by atoms with Crippen LogP contribution in [0.1, 0.15) is 18.4 Å². The molecule has 0 saturated carbocycles. The van der Waals surface area contributed by atoms with Crippen LogP contribution in [0.25, 0.3) is 5.69 Å². The van der Waals surface area contributed by atoms with Gasteiger partial charge in [0.05, 0.1) is 11.7 Å². The molecule has 27 heavy (non-hydrogen) atoms. The average molecular weight is 364 g/mol. The van der Waals surface area contributed by atoms with E-state index in [2.05, 4.69) is 15.3 Å². The lowest BCUT2D eigenvalue weighted by molar-refractivity contribution is -0.120. The number of carbonyl (C=O) groups excluding carboxylic acids is 1. The quantitative estimate of drug-likeness (QED) is 0.752. The van der Waals surface area contributed by atoms with E-state index in [0.29, 0.717) is 6.54 Å². The Morgan fingerprint density at radius 2 is 2.04 bits per heavy atom. The second kappa shape index (κ2) is 7.72. The number of benzene rings is 2. The highest BCUT2D eigenvalue weighted by Gasteiger charge is 2.30. The molecule has 1 aliphatic heterocycles. The van der Waals surface area contributed by atoms with Gasteiger partial charge in [-0.2, -0.15) is 5.10 Å². The molecule has 1 aliphatic rings. The topological polar surface area (TPSA) is 50.2 Å². The molecule has 1 atom stereocenters. The van der Waals surface area contributed by atoms with Crippen molar-refractivity contribution in [1.82, 2.24) is 14.7 Å². The van der Waals surface area contributed by atoms with Gasteiger partial charge in [0.25, 0.3) is 0 Å². The molecule has 0 radical (unpaired) electrons. The van der Waals surface area contributed by atoms with Gasteiger partial charge in [0.2, 0.25) is 5.91 Å². The predicted molar refractivity (Wildman–Crippen MR) is 102 cm³/mol. The van der Waals surface area contributed by atoms with Crippen molar-refractivity contribution in [3.63, 3.8) is 0 Å². The number of rotatable bonds is 5. The third-order valence-electron chi connectivity index (χ3n) is 4.85. The van der Waals surface area contributed by atoms with Gasteiger partial charge >= 0.3 is 0 Å². The lowest BCUT2D eigenvalue weighted by atomic mass is 10.1. The number of hydrogen-bond donors (Lipinski definition) is 1. The van der Waals surface area contributed by atoms with E-state index in [1.807, 2.05) is 36.5 Å². The molecule has 6 heteroatoms. The van der Waals surface area contributed by atoms with Crippen molar-refractivity contribution in [2.75, 3.05) is 11.9 Å². The van der Waals surface area contributed by atoms with Gasteiger partial charge in [-0.25, -0.2) is 9.07 Å². The summed E-state index contributed by atoms with van der Waals surface area (Å²) in [5.41, 5.74) is 2.66. The van der Waals surface area contributed by atoms with Gasteiger partial charge in [-0.3, -0.25) is 9.69 Å². The first-order valence-electron chi connectivity index (χ1n) is 9.08. The standard InChI is InChI=1S/C21H21FN4O/c22-17-9-7-16(8-10-17)15-25-12-2-6-20(25)21(27)24-18-4-1-5-19(14-18)26-13-3-11-23-26/h1,3-5,7-11,13-14,20H,2,6,12,15H2,(H,24,27)/t20-/m0/s1. The van der Waals surface area contributed by atoms with Gasteiger partial charge in [0, 0.05) is 24.6 Å². The zero-order valence-corrected chi connectivity index (χ0v) is 14.9. The molecule has 5 nitrogen and oxygen atoms in total. The number of aromatic nitrogens is 2. The van der Waals surface area contributed by atoms with E-state index in [1.54, 1.807) is 23.0 Å². The molecule has 0 spiro atoms. The summed E-state index contributed by atoms with van der Waals surface area (Å²) in [4.78, 5) is 15.0. The van der Waals surface area contributed by atoms with Gasteiger partial charge in [-0.1, -0.05) is 18.2 Å². The SMILES string of the molecule is O=C(Nc1cccc(-n2cccn2)c1)[C@@H]1CCCN1Cc1ccc(F)cc1. The molecule has 138 valence electrons. The van der Waals surface area contributed by atoms with Crippen molar-refractivity contribution in [2.45, 2.75) is 25.4 Å². The monoisotopic (exact) mass is 364 g/mol. The van der Waals surface area contributed by atoms with Crippen LogP contribution in [-0.2, 0) is 11.3 Å². The Morgan fingerprint density at radius 1 is 1.19 bits per heavy atom. The summed E-state index contributed by atoms with van der Waals surface area (Å²) in [5, 5.41) is 7.25. The van der Waals surface area contributed by atoms with E-state index in [1.165, 1.54) is 12.1 Å². The van der Waals surface area contributed by atoms with Crippen molar-refractivity contribution in [3.05, 3.63) is 78.4 Å². The van der Waals surface area contributed by atoms with Crippen LogP contribution in [0, 0.1) is 5.82 Å². The van der Waals surface area contributed by atoms with Gasteiger partial charge in [-0.15, -0.1) is 0 Å². The van der Waals surface area contributed by atoms with Crippen molar-refractivity contribution in [2.24, 2.45) is 0 Å². The van der Waals surface area contributed by atoms with Crippen LogP contribution in [0.2, 0.25) is 0 Å². The number of anilines is 1. The minimum Gasteiger partial charge on any atom is -0.325 e. The third kappa shape index (κ3) is 4.06. The van der Waals surface area contributed by atoms with Gasteiger partial charge in [-0.05, 0) is 61.3 Å². The fraction of sp³-hybridized carbons (Fsp3) is 0.238. The molecule has 1 amide bonds. The summed E-state index contributed by atoms with van der Waals surface area (Å²) in [6.45, 7) is 1.51. The summed E-state index contributed by atoms with van der Waals surface area (Å²) >= 11 is 0. The van der Waals surface area contributed by atoms with Crippen LogP contribution >= 0.6 is 0 Å². The third-order valence-corrected chi connectivity index (χ3v) is 4.85. The van der Waals surface area contributed by atoms with E-state index in [0.717, 1.165) is 36.3 Å². The zero-order valence-electron chi connectivity index (χ0n) is 14.9. The van der Waals surface area contributed by atoms with Crippen LogP contribution in [0.15, 0.2) is 67.0 Å². The van der Waals surface area contributed by atoms with E-state index in [4.69, 9.17) is 0 Å². The summed E-state index contributed by atoms with van der Waals surface area (Å²) < 4.78 is 14.9. The van der Waals surface area contributed by atoms with Crippen molar-refractivity contribution >= 4 is 11.6 Å². The largest absolute Gasteiger partial charge is 0.325 e. The Kier molecular flexibility index (Phi) is 4.98. The number of hydrogen-bond acceptors (Lipinski definition) is 3. The summed E-state index contributed by atoms with van der Waals surface area (Å²) in [7, 11) is 0. The number of nitrogens with one attached hydrogen (secondary N) is 1. The lowest BCUT2D eigenvalue weighted by Crippen LogP contribution is -2.39. The molecule has 2 heterocycles. The van der Waals surface area contributed by atoms with Gasteiger partial charge < -0.3 is 5.32 Å². The molecule has 1 saturated heterocycles. The molecule has 0 bridgehead atoms. The number of amides is 1. The minimum absolute atomic E-state index is 0.00720. The minimum atomic E-state index is -0.244. The highest BCUT2D eigenvalue weighted by Crippen LogP contribution is 2.22. The molecular weight excluding hydrogens is 343 g/mol. The van der Waals surface area contributed by atoms with Crippen molar-refractivity contribution in [3.8, 4) is 5.69 Å². The normalized spacial score (nSPS) is 17.1. The van der Waals surface area contributed by atoms with Gasteiger partial charge in [0.15, 0.2) is 0 Å². The summed E-state index contributed by atoms with van der Waals surface area (Å²) in [5.74, 6) is -0.251. The number of halogens is 1. The van der Waals surface area contributed by atoms with E-state index >= 15 is 0 Å². The maximum atomic E-state index is 13.1. The Bertz CT molecular complexity index is 908. The van der Waals surface area contributed by atoms with Crippen molar-refractivity contribution < 1.29 is 9.18 Å². The molecule has 3 aromatic rings. The molecule has 1 N–H and O–H groups in total. The maximum absolute atomic E-state index is 13.1. The lowest BCUT2D eigenvalue weighted by Gasteiger charge is -2.24. The van der Waals surface area contributed by atoms with E-state index in [-0.39, 0.29) is 17.8 Å². The molecule has 1 aromatic heterocycles. The first-order valence-corrected chi connectivity index (χ1v) is 9.08. The Labute approximate surface area is 157 Å². The number of carbonyl (C=O) groups is 1. The first kappa shape index (κ1) is 17.4. The molecule has 4 rings (SSSR count). The second-order valence-electron chi connectivity index (χ2n) is 6.75. The van der Waals surface area contributed by atoms with Crippen LogP contribution in [-0.4, -0.2) is 33.2 Å².